The first-order valence-electron chi connectivity index (χ1n) is 8.32. The SMILES string of the molecule is Cc1c(C)[n+]([O-])c(C(c2cccnc2)C2C(=O)NC(=O)NC2=O)n1CCO. The van der Waals surface area contributed by atoms with E-state index in [-0.39, 0.29) is 19.0 Å². The summed E-state index contributed by atoms with van der Waals surface area (Å²) in [6, 6.07) is 2.37. The van der Waals surface area contributed by atoms with Crippen molar-refractivity contribution in [1.29, 1.82) is 0 Å². The summed E-state index contributed by atoms with van der Waals surface area (Å²) in [5.41, 5.74) is 1.46. The number of amides is 4. The van der Waals surface area contributed by atoms with E-state index in [1.807, 2.05) is 0 Å². The second-order valence-corrected chi connectivity index (χ2v) is 6.25. The van der Waals surface area contributed by atoms with Gasteiger partial charge in [0.05, 0.1) is 6.61 Å². The molecule has 0 aliphatic carbocycles. The van der Waals surface area contributed by atoms with Crippen LogP contribution in [0.4, 0.5) is 4.79 Å². The lowest BCUT2D eigenvalue weighted by atomic mass is 9.83. The van der Waals surface area contributed by atoms with Gasteiger partial charge in [-0.15, -0.1) is 0 Å². The molecule has 1 unspecified atom stereocenters. The molecule has 1 aliphatic rings. The molecule has 1 saturated heterocycles. The zero-order chi connectivity index (χ0) is 19.7. The molecule has 142 valence electrons. The molecule has 10 nitrogen and oxygen atoms in total. The third kappa shape index (κ3) is 3.14. The Morgan fingerprint density at radius 2 is 1.96 bits per heavy atom. The lowest BCUT2D eigenvalue weighted by Gasteiger charge is -2.27. The number of nitrogens with zero attached hydrogens (tertiary/aromatic N) is 3. The number of hydrogen-bond donors (Lipinski definition) is 3. The van der Waals surface area contributed by atoms with Crippen molar-refractivity contribution < 1.29 is 24.2 Å². The standard InChI is InChI=1S/C17H19N5O5/c1-9-10(2)22(27)16(21(9)6-7-23)12(11-4-3-5-18-8-11)13-14(24)19-17(26)20-15(13)25/h3-5,8,12-13,23H,6-7H2,1-2H3,(H2,19,20,24,25,26). The van der Waals surface area contributed by atoms with Gasteiger partial charge < -0.3 is 10.3 Å². The lowest BCUT2D eigenvalue weighted by Crippen LogP contribution is -2.58. The van der Waals surface area contributed by atoms with E-state index in [0.717, 1.165) is 0 Å². The van der Waals surface area contributed by atoms with Gasteiger partial charge in [0, 0.05) is 26.2 Å². The smallest absolute Gasteiger partial charge is 0.328 e. The minimum atomic E-state index is -1.35. The zero-order valence-electron chi connectivity index (χ0n) is 14.8. The summed E-state index contributed by atoms with van der Waals surface area (Å²) in [5, 5.41) is 26.5. The molecule has 0 saturated carbocycles. The van der Waals surface area contributed by atoms with Crippen molar-refractivity contribution in [3.05, 3.63) is 52.5 Å². The van der Waals surface area contributed by atoms with Crippen LogP contribution in [-0.4, -0.2) is 39.1 Å². The van der Waals surface area contributed by atoms with E-state index >= 15 is 0 Å². The molecule has 10 heteroatoms. The predicted molar refractivity (Wildman–Crippen MR) is 91.2 cm³/mol. The van der Waals surface area contributed by atoms with Crippen molar-refractivity contribution >= 4 is 17.8 Å². The van der Waals surface area contributed by atoms with Crippen molar-refractivity contribution in [3.63, 3.8) is 0 Å². The lowest BCUT2D eigenvalue weighted by molar-refractivity contribution is -0.621. The van der Waals surface area contributed by atoms with Crippen molar-refractivity contribution in [1.82, 2.24) is 20.2 Å². The van der Waals surface area contributed by atoms with E-state index in [1.54, 1.807) is 30.5 Å². The number of rotatable bonds is 5. The maximum atomic E-state index is 12.9. The monoisotopic (exact) mass is 373 g/mol. The summed E-state index contributed by atoms with van der Waals surface area (Å²) in [6.07, 6.45) is 2.99. The number of barbiturate groups is 1. The number of carbonyl (C=O) groups is 3. The quantitative estimate of drug-likeness (QED) is 0.357. The summed E-state index contributed by atoms with van der Waals surface area (Å²) in [4.78, 5) is 40.4. The number of carbonyl (C=O) groups excluding carboxylic acids is 3. The van der Waals surface area contributed by atoms with Gasteiger partial charge in [0.25, 0.3) is 5.82 Å². The maximum Gasteiger partial charge on any atom is 0.328 e. The van der Waals surface area contributed by atoms with Gasteiger partial charge in [0.2, 0.25) is 11.8 Å². The van der Waals surface area contributed by atoms with Crippen molar-refractivity contribution in [2.75, 3.05) is 6.61 Å². The molecule has 3 rings (SSSR count). The number of imide groups is 2. The Balaban J connectivity index is 2.24. The average molecular weight is 373 g/mol. The van der Waals surface area contributed by atoms with Crippen LogP contribution in [0.5, 0.6) is 0 Å². The van der Waals surface area contributed by atoms with E-state index in [9.17, 15) is 24.7 Å². The highest BCUT2D eigenvalue weighted by atomic mass is 16.5. The van der Waals surface area contributed by atoms with Crippen LogP contribution in [0.1, 0.15) is 28.7 Å². The Morgan fingerprint density at radius 3 is 2.52 bits per heavy atom. The first kappa shape index (κ1) is 18.5. The van der Waals surface area contributed by atoms with Crippen molar-refractivity contribution in [2.24, 2.45) is 5.92 Å². The van der Waals surface area contributed by atoms with Crippen molar-refractivity contribution in [3.8, 4) is 0 Å². The largest absolute Gasteiger partial charge is 0.711 e. The molecule has 1 atom stereocenters. The van der Waals surface area contributed by atoms with Gasteiger partial charge >= 0.3 is 6.03 Å². The fourth-order valence-electron chi connectivity index (χ4n) is 3.35. The Bertz CT molecular complexity index is 888. The molecule has 4 amide bonds. The molecule has 2 aromatic heterocycles. The molecule has 0 bridgehead atoms. The Morgan fingerprint density at radius 1 is 1.30 bits per heavy atom. The number of urea groups is 1. The molecular weight excluding hydrogens is 354 g/mol. The van der Waals surface area contributed by atoms with Gasteiger partial charge in [-0.1, -0.05) is 6.07 Å². The van der Waals surface area contributed by atoms with Crippen LogP contribution < -0.4 is 15.4 Å². The van der Waals surface area contributed by atoms with Gasteiger partial charge in [-0.25, -0.2) is 14.1 Å². The molecule has 0 spiro atoms. The van der Waals surface area contributed by atoms with Gasteiger partial charge in [0.1, 0.15) is 29.8 Å². The Labute approximate surface area is 154 Å². The number of aromatic nitrogens is 3. The summed E-state index contributed by atoms with van der Waals surface area (Å²) in [6.45, 7) is 3.21. The van der Waals surface area contributed by atoms with Crippen molar-refractivity contribution in [2.45, 2.75) is 26.3 Å². The molecule has 2 aromatic rings. The van der Waals surface area contributed by atoms with Gasteiger partial charge in [-0.2, -0.15) is 0 Å². The van der Waals surface area contributed by atoms with Crippen LogP contribution in [-0.2, 0) is 16.1 Å². The molecule has 1 fully saturated rings. The average Bonchev–Trinajstić information content (AvgIpc) is 2.83. The van der Waals surface area contributed by atoms with E-state index in [4.69, 9.17) is 0 Å². The molecule has 1 aliphatic heterocycles. The minimum Gasteiger partial charge on any atom is -0.711 e. The number of hydrogen-bond acceptors (Lipinski definition) is 6. The van der Waals surface area contributed by atoms with Crippen LogP contribution in [0, 0.1) is 25.0 Å². The molecule has 0 radical (unpaired) electrons. The second-order valence-electron chi connectivity index (χ2n) is 6.25. The van der Waals surface area contributed by atoms with Crippen LogP contribution in [0.2, 0.25) is 0 Å². The summed E-state index contributed by atoms with van der Waals surface area (Å²) in [7, 11) is 0. The number of aliphatic hydroxyl groups excluding tert-OH is 1. The molecule has 27 heavy (non-hydrogen) atoms. The van der Waals surface area contributed by atoms with Crippen LogP contribution in [0.25, 0.3) is 0 Å². The molecular formula is C17H19N5O5. The number of pyridine rings is 1. The number of nitrogens with one attached hydrogen (secondary N) is 2. The van der Waals surface area contributed by atoms with Crippen LogP contribution in [0.3, 0.4) is 0 Å². The van der Waals surface area contributed by atoms with Gasteiger partial charge in [0.15, 0.2) is 0 Å². The molecule has 0 aromatic carbocycles. The zero-order valence-corrected chi connectivity index (χ0v) is 14.8. The van der Waals surface area contributed by atoms with Crippen LogP contribution in [0.15, 0.2) is 24.5 Å². The molecule has 3 heterocycles. The summed E-state index contributed by atoms with van der Waals surface area (Å²) >= 11 is 0. The third-order valence-electron chi connectivity index (χ3n) is 4.73. The second kappa shape index (κ2) is 7.16. The Kier molecular flexibility index (Phi) is 4.91. The Hall–Kier alpha value is -3.27. The fourth-order valence-corrected chi connectivity index (χ4v) is 3.35. The highest BCUT2D eigenvalue weighted by molar-refractivity contribution is 6.16. The number of aliphatic hydroxyl groups is 1. The maximum absolute atomic E-state index is 12.9. The first-order chi connectivity index (χ1) is 12.9. The van der Waals surface area contributed by atoms with E-state index < -0.39 is 29.7 Å². The first-order valence-corrected chi connectivity index (χ1v) is 8.32. The minimum absolute atomic E-state index is 0.114. The summed E-state index contributed by atoms with van der Waals surface area (Å²) < 4.78 is 2.23. The van der Waals surface area contributed by atoms with E-state index in [2.05, 4.69) is 15.6 Å². The molecule has 3 N–H and O–H groups in total. The summed E-state index contributed by atoms with van der Waals surface area (Å²) in [5.74, 6) is -3.83. The van der Waals surface area contributed by atoms with E-state index in [0.29, 0.717) is 21.7 Å². The van der Waals surface area contributed by atoms with Gasteiger partial charge in [-0.3, -0.25) is 25.2 Å². The van der Waals surface area contributed by atoms with Gasteiger partial charge in [-0.05, 0) is 11.6 Å². The normalized spacial score (nSPS) is 16.2. The fraction of sp³-hybridized carbons (Fsp3) is 0.353. The number of imidazole rings is 1. The third-order valence-corrected chi connectivity index (χ3v) is 4.73. The predicted octanol–water partition coefficient (Wildman–Crippen LogP) is -0.760. The highest BCUT2D eigenvalue weighted by Gasteiger charge is 2.47. The highest BCUT2D eigenvalue weighted by Crippen LogP contribution is 2.33. The topological polar surface area (TPSA) is 140 Å². The van der Waals surface area contributed by atoms with Crippen LogP contribution >= 0.6 is 0 Å². The van der Waals surface area contributed by atoms with E-state index in [1.165, 1.54) is 12.4 Å².